The number of nitrogens with zero attached hydrogens (tertiary/aromatic N) is 8. The van der Waals surface area contributed by atoms with Crippen LogP contribution in [0.1, 0.15) is 122 Å². The summed E-state index contributed by atoms with van der Waals surface area (Å²) in [6, 6.07) is 3.36. The minimum atomic E-state index is -2.17. The van der Waals surface area contributed by atoms with E-state index in [1.807, 2.05) is 12.3 Å². The van der Waals surface area contributed by atoms with Crippen molar-refractivity contribution in [3.05, 3.63) is 56.3 Å². The van der Waals surface area contributed by atoms with Gasteiger partial charge in [-0.25, -0.2) is 0 Å². The number of aliphatic hydroxyl groups excluding tert-OH is 1. The van der Waals surface area contributed by atoms with Gasteiger partial charge in [-0.2, -0.15) is 6.20 Å². The Morgan fingerprint density at radius 2 is 0.796 bits per heavy atom. The predicted octanol–water partition coefficient (Wildman–Crippen LogP) is 7.84. The molecule has 0 amide bonds. The van der Waals surface area contributed by atoms with Crippen LogP contribution in [0.5, 0.6) is 0 Å². The van der Waals surface area contributed by atoms with Crippen LogP contribution in [0, 0.1) is 0 Å². The molecule has 306 valence electrons. The standard InChI is InChI=1S/C20H37N4.C20H33N4.CH4O3.2Zn/c2*1-4-12-21-18(7-1)10-15-24(17-20-9-3-6-14-23-20)16-11-19-8-2-5-13-22-19;2-1(3)4;;/h18-20H,1-17H2;3,6,9,14,18-20H,1-2,4-5,7-8,10-13,15-17H2;1-4H;;/q2*-3;;;. The zero-order valence-electron chi connectivity index (χ0n) is 33.9. The number of hydrogen-bond acceptors (Lipinski definition) is 5. The van der Waals surface area contributed by atoms with E-state index in [-0.39, 0.29) is 39.0 Å². The van der Waals surface area contributed by atoms with Gasteiger partial charge in [-0.05, 0) is 39.3 Å². The molecule has 0 aromatic rings. The average Bonchev–Trinajstić information content (AvgIpc) is 3.19. The van der Waals surface area contributed by atoms with Crippen LogP contribution in [0.4, 0.5) is 0 Å². The summed E-state index contributed by atoms with van der Waals surface area (Å²) in [5.41, 5.74) is 0. The summed E-state index contributed by atoms with van der Waals surface area (Å²) in [7, 11) is 0. The van der Waals surface area contributed by atoms with E-state index in [4.69, 9.17) is 41.9 Å². The van der Waals surface area contributed by atoms with Crippen LogP contribution in [0.25, 0.3) is 31.9 Å². The van der Waals surface area contributed by atoms with Crippen molar-refractivity contribution in [2.45, 2.75) is 165 Å². The molecule has 6 aliphatic rings. The van der Waals surface area contributed by atoms with Gasteiger partial charge >= 0.3 is 0 Å². The van der Waals surface area contributed by atoms with Gasteiger partial charge in [0.05, 0.1) is 0 Å². The van der Waals surface area contributed by atoms with Crippen LogP contribution in [0.3, 0.4) is 0 Å². The Bertz CT molecular complexity index is 877. The smallest absolute Gasteiger partial charge is 0.263 e. The first-order valence-electron chi connectivity index (χ1n) is 21.4. The molecule has 6 rings (SSSR count). The van der Waals surface area contributed by atoms with Crippen molar-refractivity contribution in [3.63, 3.8) is 0 Å². The molecule has 13 heteroatoms. The molecule has 0 saturated carbocycles. The third-order valence-electron chi connectivity index (χ3n) is 11.5. The number of allylic oxidation sites excluding steroid dienone is 2. The summed E-state index contributed by atoms with van der Waals surface area (Å²) in [6.45, 7) is 10.3. The van der Waals surface area contributed by atoms with Gasteiger partial charge in [0.1, 0.15) is 0 Å². The molecule has 0 aromatic heterocycles. The fourth-order valence-corrected chi connectivity index (χ4v) is 8.41. The molecule has 54 heavy (non-hydrogen) atoms. The molecule has 5 saturated heterocycles. The predicted molar refractivity (Wildman–Crippen MR) is 217 cm³/mol. The molecule has 6 aliphatic heterocycles. The van der Waals surface area contributed by atoms with Gasteiger partial charge in [-0.3, -0.25) is 0 Å². The summed E-state index contributed by atoms with van der Waals surface area (Å²) < 4.78 is 0. The molecule has 0 aromatic carbocycles. The summed E-state index contributed by atoms with van der Waals surface area (Å²) in [4.78, 5) is 5.32. The van der Waals surface area contributed by atoms with E-state index in [1.54, 1.807) is 0 Å². The molecule has 11 nitrogen and oxygen atoms in total. The van der Waals surface area contributed by atoms with E-state index >= 15 is 0 Å². The van der Waals surface area contributed by atoms with E-state index in [0.717, 1.165) is 52.4 Å². The normalized spacial score (nSPS) is 28.5. The second-order valence-corrected chi connectivity index (χ2v) is 15.8. The van der Waals surface area contributed by atoms with Gasteiger partial charge in [-0.15, -0.1) is 62.9 Å². The molecule has 3 N–H and O–H groups in total. The van der Waals surface area contributed by atoms with Gasteiger partial charge < -0.3 is 57.0 Å². The average molecular weight is 858 g/mol. The molecule has 0 radical (unpaired) electrons. The third-order valence-corrected chi connectivity index (χ3v) is 11.5. The van der Waals surface area contributed by atoms with Crippen LogP contribution in [-0.2, 0) is 39.0 Å². The van der Waals surface area contributed by atoms with Crippen molar-refractivity contribution >= 4 is 0 Å². The summed E-state index contributed by atoms with van der Waals surface area (Å²) in [5.74, 6) is 0. The maximum absolute atomic E-state index is 7.17. The third kappa shape index (κ3) is 23.5. The van der Waals surface area contributed by atoms with Crippen molar-refractivity contribution < 1.29 is 54.3 Å². The largest absolute Gasteiger partial charge is 0.684 e. The number of piperidine rings is 5. The van der Waals surface area contributed by atoms with Gasteiger partial charge in [0.25, 0.3) is 6.48 Å². The molecule has 6 heterocycles. The quantitative estimate of drug-likeness (QED) is 0.107. The van der Waals surface area contributed by atoms with Crippen LogP contribution >= 0.6 is 0 Å². The van der Waals surface area contributed by atoms with Crippen LogP contribution in [0.2, 0.25) is 0 Å². The Balaban J connectivity index is 0.000000329. The molecule has 5 fully saturated rings. The first kappa shape index (κ1) is 50.3. The maximum atomic E-state index is 7.17. The van der Waals surface area contributed by atoms with Crippen molar-refractivity contribution in [2.24, 2.45) is 0 Å². The molecule has 6 unspecified atom stereocenters. The number of hydrogen-bond donors (Lipinski definition) is 3. The Labute approximate surface area is 355 Å². The molecule has 6 atom stereocenters. The van der Waals surface area contributed by atoms with Gasteiger partial charge in [0.2, 0.25) is 0 Å². The van der Waals surface area contributed by atoms with Gasteiger partial charge in [-0.1, -0.05) is 146 Å². The monoisotopic (exact) mass is 854 g/mol. The van der Waals surface area contributed by atoms with E-state index in [0.29, 0.717) is 36.3 Å². The van der Waals surface area contributed by atoms with Crippen molar-refractivity contribution in [1.82, 2.24) is 9.80 Å². The van der Waals surface area contributed by atoms with Crippen LogP contribution in [0.15, 0.2) is 24.4 Å². The number of rotatable bonds is 16. The van der Waals surface area contributed by atoms with Gasteiger partial charge in [0, 0.05) is 39.0 Å². The second-order valence-electron chi connectivity index (χ2n) is 15.8. The van der Waals surface area contributed by atoms with Crippen LogP contribution in [-0.4, -0.2) is 140 Å². The Morgan fingerprint density at radius 3 is 1.09 bits per heavy atom. The topological polar surface area (TPSA) is 152 Å². The fraction of sp³-hybridized carbons (Fsp3) is 0.902. The molecular formula is C41H74N8O3Zn2-6. The number of aliphatic hydroxyl groups is 3. The molecule has 0 aliphatic carbocycles. The maximum Gasteiger partial charge on any atom is 0.263 e. The Hall–Kier alpha value is 0.127. The van der Waals surface area contributed by atoms with E-state index in [1.165, 1.54) is 142 Å². The second kappa shape index (κ2) is 32.0. The van der Waals surface area contributed by atoms with Crippen molar-refractivity contribution in [2.75, 3.05) is 72.0 Å². The molecular weight excluding hydrogens is 783 g/mol. The first-order chi connectivity index (χ1) is 25.5. The minimum Gasteiger partial charge on any atom is -0.684 e. The van der Waals surface area contributed by atoms with Crippen molar-refractivity contribution in [1.29, 1.82) is 0 Å². The first-order valence-corrected chi connectivity index (χ1v) is 21.4. The van der Waals surface area contributed by atoms with Gasteiger partial charge in [0.15, 0.2) is 0 Å². The SMILES string of the molecule is C1=C[N-]C(CN(CCC2CCCC[N-]2)CCC2CCCC[N-]2)C=C1.C1CCC(CCN(CCC2CCCC[N-]2)CC2CCCC[N-]2)[N-]C1.OC(O)O.[Zn].[Zn]. The fourth-order valence-electron chi connectivity index (χ4n) is 8.41. The Kier molecular flexibility index (Phi) is 29.8. The molecule has 0 spiro atoms. The zero-order valence-corrected chi connectivity index (χ0v) is 39.8. The summed E-state index contributed by atoms with van der Waals surface area (Å²) >= 11 is 0. The summed E-state index contributed by atoms with van der Waals surface area (Å²) in [5, 5.41) is 50.2. The molecule has 0 bridgehead atoms. The Morgan fingerprint density at radius 1 is 0.463 bits per heavy atom. The van der Waals surface area contributed by atoms with Crippen LogP contribution < -0.4 is 0 Å². The zero-order chi connectivity index (χ0) is 36.5. The van der Waals surface area contributed by atoms with E-state index < -0.39 is 6.48 Å². The minimum absolute atomic E-state index is 0. The summed E-state index contributed by atoms with van der Waals surface area (Å²) in [6.07, 6.45) is 33.2. The van der Waals surface area contributed by atoms with Crippen molar-refractivity contribution in [3.8, 4) is 0 Å². The van der Waals surface area contributed by atoms with E-state index in [9.17, 15) is 0 Å². The van der Waals surface area contributed by atoms with E-state index in [2.05, 4.69) is 27.3 Å².